The first-order valence-electron chi connectivity index (χ1n) is 5.90. The zero-order chi connectivity index (χ0) is 14.0. The first-order chi connectivity index (χ1) is 9.02. The smallest absolute Gasteiger partial charge is 0.232 e. The van der Waals surface area contributed by atoms with Gasteiger partial charge in [-0.3, -0.25) is 19.3 Å². The molecule has 1 heterocycles. The van der Waals surface area contributed by atoms with E-state index in [0.29, 0.717) is 11.1 Å². The summed E-state index contributed by atoms with van der Waals surface area (Å²) in [5.41, 5.74) is 0.845. The van der Waals surface area contributed by atoms with E-state index in [9.17, 15) is 14.4 Å². The predicted octanol–water partition coefficient (Wildman–Crippen LogP) is 1.14. The van der Waals surface area contributed by atoms with Crippen molar-refractivity contribution in [1.82, 2.24) is 4.90 Å². The monoisotopic (exact) mass is 256 g/mol. The van der Waals surface area contributed by atoms with Crippen molar-refractivity contribution in [3.05, 3.63) is 35.4 Å². The number of imide groups is 1. The van der Waals surface area contributed by atoms with Crippen LogP contribution in [0.3, 0.4) is 0 Å². The van der Waals surface area contributed by atoms with E-state index in [4.69, 9.17) is 5.26 Å². The molecule has 0 radical (unpaired) electrons. The van der Waals surface area contributed by atoms with Crippen LogP contribution >= 0.6 is 0 Å². The fourth-order valence-corrected chi connectivity index (χ4v) is 1.98. The number of carbonyl (C=O) groups excluding carboxylic acids is 3. The van der Waals surface area contributed by atoms with Gasteiger partial charge in [0.05, 0.1) is 18.2 Å². The van der Waals surface area contributed by atoms with Gasteiger partial charge in [-0.15, -0.1) is 0 Å². The van der Waals surface area contributed by atoms with Crippen LogP contribution in [0.2, 0.25) is 0 Å². The highest BCUT2D eigenvalue weighted by Crippen LogP contribution is 2.19. The number of benzene rings is 1. The van der Waals surface area contributed by atoms with Gasteiger partial charge in [-0.1, -0.05) is 19.1 Å². The van der Waals surface area contributed by atoms with Gasteiger partial charge in [-0.2, -0.15) is 5.26 Å². The standard InChI is InChI=1S/C14H12N2O3/c1-9-6-13(18)16(14(9)19)8-12(17)11-4-2-10(7-15)3-5-11/h2-5,9H,6,8H2,1H3. The van der Waals surface area contributed by atoms with Crippen LogP contribution < -0.4 is 0 Å². The Labute approximate surface area is 110 Å². The number of hydrogen-bond donors (Lipinski definition) is 0. The summed E-state index contributed by atoms with van der Waals surface area (Å²) in [5, 5.41) is 8.66. The summed E-state index contributed by atoms with van der Waals surface area (Å²) < 4.78 is 0. The molecule has 1 atom stereocenters. The number of ketones is 1. The van der Waals surface area contributed by atoms with Crippen LogP contribution in [-0.2, 0) is 9.59 Å². The van der Waals surface area contributed by atoms with Crippen molar-refractivity contribution in [1.29, 1.82) is 5.26 Å². The van der Waals surface area contributed by atoms with E-state index in [1.54, 1.807) is 6.92 Å². The Kier molecular flexibility index (Phi) is 3.43. The molecule has 5 nitrogen and oxygen atoms in total. The average molecular weight is 256 g/mol. The van der Waals surface area contributed by atoms with E-state index < -0.39 is 0 Å². The molecule has 2 amide bonds. The van der Waals surface area contributed by atoms with E-state index in [0.717, 1.165) is 4.90 Å². The quantitative estimate of drug-likeness (QED) is 0.600. The maximum absolute atomic E-state index is 12.0. The van der Waals surface area contributed by atoms with Gasteiger partial charge in [0.25, 0.3) is 0 Å². The molecule has 1 saturated heterocycles. The minimum absolute atomic E-state index is 0.166. The molecule has 1 aliphatic heterocycles. The molecule has 0 bridgehead atoms. The molecule has 0 aliphatic carbocycles. The first-order valence-corrected chi connectivity index (χ1v) is 5.90. The lowest BCUT2D eigenvalue weighted by atomic mass is 10.1. The summed E-state index contributed by atoms with van der Waals surface area (Å²) in [4.78, 5) is 36.2. The second-order valence-corrected chi connectivity index (χ2v) is 4.54. The van der Waals surface area contributed by atoms with Crippen LogP contribution in [0, 0.1) is 17.2 Å². The number of likely N-dealkylation sites (tertiary alicyclic amines) is 1. The summed E-state index contributed by atoms with van der Waals surface area (Å²) in [6.07, 6.45) is 0.166. The molecule has 1 unspecified atom stereocenters. The molecular formula is C14H12N2O3. The van der Waals surface area contributed by atoms with Gasteiger partial charge in [0.1, 0.15) is 0 Å². The third kappa shape index (κ3) is 2.52. The number of nitrogens with zero attached hydrogens (tertiary/aromatic N) is 2. The van der Waals surface area contributed by atoms with E-state index in [-0.39, 0.29) is 36.5 Å². The molecule has 96 valence electrons. The van der Waals surface area contributed by atoms with Crippen molar-refractivity contribution in [3.63, 3.8) is 0 Å². The first kappa shape index (κ1) is 13.0. The molecule has 0 saturated carbocycles. The van der Waals surface area contributed by atoms with Crippen molar-refractivity contribution in [2.24, 2.45) is 5.92 Å². The normalized spacial score (nSPS) is 18.5. The maximum atomic E-state index is 12.0. The molecule has 0 N–H and O–H groups in total. The zero-order valence-electron chi connectivity index (χ0n) is 10.4. The summed E-state index contributed by atoms with van der Waals surface area (Å²) in [5.74, 6) is -1.26. The second-order valence-electron chi connectivity index (χ2n) is 4.54. The fourth-order valence-electron chi connectivity index (χ4n) is 1.98. The van der Waals surface area contributed by atoms with Crippen LogP contribution in [0.15, 0.2) is 24.3 Å². The molecule has 0 spiro atoms. The van der Waals surface area contributed by atoms with E-state index in [2.05, 4.69) is 0 Å². The van der Waals surface area contributed by atoms with Crippen LogP contribution in [0.25, 0.3) is 0 Å². The molecule has 19 heavy (non-hydrogen) atoms. The van der Waals surface area contributed by atoms with Crippen molar-refractivity contribution in [2.45, 2.75) is 13.3 Å². The van der Waals surface area contributed by atoms with Crippen LogP contribution in [0.4, 0.5) is 0 Å². The highest BCUT2D eigenvalue weighted by atomic mass is 16.2. The molecule has 0 aromatic heterocycles. The van der Waals surface area contributed by atoms with Crippen LogP contribution in [0.1, 0.15) is 29.3 Å². The van der Waals surface area contributed by atoms with Crippen molar-refractivity contribution in [2.75, 3.05) is 6.54 Å². The molecule has 2 rings (SSSR count). The van der Waals surface area contributed by atoms with E-state index in [1.807, 2.05) is 6.07 Å². The minimum atomic E-state index is -0.346. The van der Waals surface area contributed by atoms with Gasteiger partial charge < -0.3 is 0 Å². The summed E-state index contributed by atoms with van der Waals surface area (Å²) >= 11 is 0. The van der Waals surface area contributed by atoms with Crippen molar-refractivity contribution >= 4 is 17.6 Å². The Morgan fingerprint density at radius 2 is 2.00 bits per heavy atom. The van der Waals surface area contributed by atoms with Crippen molar-refractivity contribution in [3.8, 4) is 6.07 Å². The molecule has 1 aliphatic rings. The summed E-state index contributed by atoms with van der Waals surface area (Å²) in [6.45, 7) is 1.44. The number of hydrogen-bond acceptors (Lipinski definition) is 4. The molecule has 1 aromatic rings. The lowest BCUT2D eigenvalue weighted by molar-refractivity contribution is -0.138. The Morgan fingerprint density at radius 3 is 2.47 bits per heavy atom. The lowest BCUT2D eigenvalue weighted by Crippen LogP contribution is -2.35. The SMILES string of the molecule is CC1CC(=O)N(CC(=O)c2ccc(C#N)cc2)C1=O. The van der Waals surface area contributed by atoms with Gasteiger partial charge >= 0.3 is 0 Å². The van der Waals surface area contributed by atoms with Gasteiger partial charge in [0.2, 0.25) is 11.8 Å². The van der Waals surface area contributed by atoms with Gasteiger partial charge in [-0.25, -0.2) is 0 Å². The molecule has 5 heteroatoms. The van der Waals surface area contributed by atoms with Crippen LogP contribution in [-0.4, -0.2) is 29.0 Å². The third-order valence-electron chi connectivity index (χ3n) is 3.11. The Bertz CT molecular complexity index is 584. The molecular weight excluding hydrogens is 244 g/mol. The van der Waals surface area contributed by atoms with Gasteiger partial charge in [0, 0.05) is 17.9 Å². The minimum Gasteiger partial charge on any atom is -0.292 e. The maximum Gasteiger partial charge on any atom is 0.232 e. The van der Waals surface area contributed by atoms with Crippen LogP contribution in [0.5, 0.6) is 0 Å². The fraction of sp³-hybridized carbons (Fsp3) is 0.286. The topological polar surface area (TPSA) is 78.2 Å². The lowest BCUT2D eigenvalue weighted by Gasteiger charge is -2.13. The molecule has 1 aromatic carbocycles. The number of carbonyl (C=O) groups is 3. The predicted molar refractivity (Wildman–Crippen MR) is 66.0 cm³/mol. The number of nitriles is 1. The molecule has 1 fully saturated rings. The highest BCUT2D eigenvalue weighted by molar-refractivity contribution is 6.08. The Morgan fingerprint density at radius 1 is 1.37 bits per heavy atom. The average Bonchev–Trinajstić information content (AvgIpc) is 2.65. The summed E-state index contributed by atoms with van der Waals surface area (Å²) in [6, 6.07) is 8.06. The van der Waals surface area contributed by atoms with Gasteiger partial charge in [0.15, 0.2) is 5.78 Å². The largest absolute Gasteiger partial charge is 0.292 e. The Hall–Kier alpha value is -2.48. The highest BCUT2D eigenvalue weighted by Gasteiger charge is 2.36. The zero-order valence-corrected chi connectivity index (χ0v) is 10.4. The number of Topliss-reactive ketones (excluding diaryl/α,β-unsaturated/α-hetero) is 1. The summed E-state index contributed by atoms with van der Waals surface area (Å²) in [7, 11) is 0. The van der Waals surface area contributed by atoms with Gasteiger partial charge in [-0.05, 0) is 12.1 Å². The second kappa shape index (κ2) is 5.02. The van der Waals surface area contributed by atoms with Crippen molar-refractivity contribution < 1.29 is 14.4 Å². The van der Waals surface area contributed by atoms with E-state index >= 15 is 0 Å². The number of rotatable bonds is 3. The van der Waals surface area contributed by atoms with E-state index in [1.165, 1.54) is 24.3 Å². The third-order valence-corrected chi connectivity index (χ3v) is 3.11. The number of amides is 2. The Balaban J connectivity index is 2.11.